The summed E-state index contributed by atoms with van der Waals surface area (Å²) < 4.78 is 0. The second kappa shape index (κ2) is 7.00. The molecule has 0 aromatic heterocycles. The van der Waals surface area contributed by atoms with Crippen molar-refractivity contribution in [2.75, 3.05) is 18.4 Å². The summed E-state index contributed by atoms with van der Waals surface area (Å²) >= 11 is 0. The molecule has 1 aliphatic heterocycles. The zero-order valence-electron chi connectivity index (χ0n) is 14.4. The van der Waals surface area contributed by atoms with E-state index in [9.17, 15) is 19.5 Å². The summed E-state index contributed by atoms with van der Waals surface area (Å²) in [7, 11) is 0. The summed E-state index contributed by atoms with van der Waals surface area (Å²) in [5, 5.41) is 12.1. The largest absolute Gasteiger partial charge is 0.481 e. The second-order valence-corrected chi connectivity index (χ2v) is 6.71. The fourth-order valence-electron chi connectivity index (χ4n) is 3.04. The quantitative estimate of drug-likeness (QED) is 0.886. The fourth-order valence-corrected chi connectivity index (χ4v) is 3.04. The van der Waals surface area contributed by atoms with Crippen LogP contribution in [0, 0.1) is 5.41 Å². The molecule has 2 N–H and O–H groups in total. The van der Waals surface area contributed by atoms with Crippen LogP contribution < -0.4 is 5.32 Å². The van der Waals surface area contributed by atoms with E-state index >= 15 is 0 Å². The minimum atomic E-state index is -0.933. The number of carbonyl (C=O) groups excluding carboxylic acids is 2. The van der Waals surface area contributed by atoms with Crippen molar-refractivity contribution < 1.29 is 19.5 Å². The van der Waals surface area contributed by atoms with Crippen LogP contribution in [0.4, 0.5) is 5.69 Å². The first kappa shape index (κ1) is 17.7. The molecule has 0 saturated carbocycles. The third-order valence-corrected chi connectivity index (χ3v) is 4.72. The third-order valence-electron chi connectivity index (χ3n) is 4.72. The summed E-state index contributed by atoms with van der Waals surface area (Å²) in [5.41, 5.74) is 0.328. The molecule has 134 valence electrons. The van der Waals surface area contributed by atoms with Crippen LogP contribution in [0.15, 0.2) is 54.6 Å². The smallest absolute Gasteiger partial charge is 0.311 e. The third kappa shape index (κ3) is 3.44. The van der Waals surface area contributed by atoms with E-state index in [-0.39, 0.29) is 18.4 Å². The van der Waals surface area contributed by atoms with Crippen molar-refractivity contribution in [3.63, 3.8) is 0 Å². The number of hydrogen-bond acceptors (Lipinski definition) is 3. The highest BCUT2D eigenvalue weighted by molar-refractivity contribution is 6.09. The molecule has 2 aromatic rings. The van der Waals surface area contributed by atoms with Crippen LogP contribution in [-0.2, 0) is 4.79 Å². The van der Waals surface area contributed by atoms with Gasteiger partial charge in [-0.25, -0.2) is 0 Å². The van der Waals surface area contributed by atoms with E-state index in [2.05, 4.69) is 5.32 Å². The maximum atomic E-state index is 12.9. The highest BCUT2D eigenvalue weighted by atomic mass is 16.4. The predicted octanol–water partition coefficient (Wildman–Crippen LogP) is 2.88. The summed E-state index contributed by atoms with van der Waals surface area (Å²) in [6.45, 7) is 2.18. The molecule has 6 heteroatoms. The fraction of sp³-hybridized carbons (Fsp3) is 0.250. The number of likely N-dealkylation sites (tertiary alicyclic amines) is 1. The molecular formula is C20H20N2O4. The molecule has 0 aliphatic carbocycles. The lowest BCUT2D eigenvalue weighted by molar-refractivity contribution is -0.147. The molecule has 0 radical (unpaired) electrons. The molecule has 1 saturated heterocycles. The molecule has 2 amide bonds. The van der Waals surface area contributed by atoms with Gasteiger partial charge in [-0.05, 0) is 37.6 Å². The van der Waals surface area contributed by atoms with Crippen molar-refractivity contribution in [2.45, 2.75) is 13.3 Å². The maximum absolute atomic E-state index is 12.9. The summed E-state index contributed by atoms with van der Waals surface area (Å²) in [4.78, 5) is 38.2. The molecule has 3 rings (SSSR count). The first-order valence-corrected chi connectivity index (χ1v) is 8.39. The molecule has 1 unspecified atom stereocenters. The van der Waals surface area contributed by atoms with Crippen molar-refractivity contribution in [2.24, 2.45) is 5.41 Å². The van der Waals surface area contributed by atoms with Crippen LogP contribution >= 0.6 is 0 Å². The van der Waals surface area contributed by atoms with Gasteiger partial charge in [0.1, 0.15) is 0 Å². The second-order valence-electron chi connectivity index (χ2n) is 6.71. The van der Waals surface area contributed by atoms with Crippen molar-refractivity contribution in [3.8, 4) is 0 Å². The molecule has 0 bridgehead atoms. The number of nitrogens with one attached hydrogen (secondary N) is 1. The lowest BCUT2D eigenvalue weighted by Gasteiger charge is -2.21. The number of anilines is 1. The minimum absolute atomic E-state index is 0.155. The number of benzene rings is 2. The number of amides is 2. The zero-order chi connectivity index (χ0) is 18.7. The van der Waals surface area contributed by atoms with Crippen LogP contribution in [0.3, 0.4) is 0 Å². The number of nitrogens with zero attached hydrogens (tertiary/aromatic N) is 1. The van der Waals surface area contributed by atoms with Gasteiger partial charge in [0.2, 0.25) is 0 Å². The Balaban J connectivity index is 1.80. The molecule has 1 atom stereocenters. The number of aliphatic carboxylic acids is 1. The van der Waals surface area contributed by atoms with Crippen LogP contribution in [0.2, 0.25) is 0 Å². The molecule has 1 heterocycles. The van der Waals surface area contributed by atoms with E-state index in [4.69, 9.17) is 0 Å². The standard InChI is InChI=1S/C20H20N2O4/c1-20(19(25)26)11-12-22(13-20)18(24)15-9-5-6-10-16(15)21-17(23)14-7-3-2-4-8-14/h2-10H,11-13H2,1H3,(H,21,23)(H,25,26). The maximum Gasteiger partial charge on any atom is 0.311 e. The van der Waals surface area contributed by atoms with E-state index in [0.29, 0.717) is 29.8 Å². The SMILES string of the molecule is CC1(C(=O)O)CCN(C(=O)c2ccccc2NC(=O)c2ccccc2)C1. The topological polar surface area (TPSA) is 86.7 Å². The Hall–Kier alpha value is -3.15. The van der Waals surface area contributed by atoms with Crippen molar-refractivity contribution in [1.82, 2.24) is 4.90 Å². The van der Waals surface area contributed by atoms with Crippen molar-refractivity contribution in [1.29, 1.82) is 0 Å². The number of carbonyl (C=O) groups is 3. The molecular weight excluding hydrogens is 332 g/mol. The Bertz CT molecular complexity index is 850. The van der Waals surface area contributed by atoms with E-state index < -0.39 is 11.4 Å². The Morgan fingerprint density at radius 3 is 2.35 bits per heavy atom. The first-order valence-electron chi connectivity index (χ1n) is 8.39. The van der Waals surface area contributed by atoms with E-state index in [0.717, 1.165) is 0 Å². The number of carboxylic acid groups (broad SMARTS) is 1. The van der Waals surface area contributed by atoms with Gasteiger partial charge < -0.3 is 15.3 Å². The van der Waals surface area contributed by atoms with Crippen LogP contribution in [-0.4, -0.2) is 40.9 Å². The average Bonchev–Trinajstić information content (AvgIpc) is 3.06. The Kier molecular flexibility index (Phi) is 4.75. The number of hydrogen-bond donors (Lipinski definition) is 2. The predicted molar refractivity (Wildman–Crippen MR) is 97.1 cm³/mol. The van der Waals surface area contributed by atoms with Crippen LogP contribution in [0.5, 0.6) is 0 Å². The van der Waals surface area contributed by atoms with E-state index in [1.165, 1.54) is 4.90 Å². The highest BCUT2D eigenvalue weighted by Gasteiger charge is 2.42. The lowest BCUT2D eigenvalue weighted by atomic mass is 9.90. The van der Waals surface area contributed by atoms with Gasteiger partial charge in [-0.3, -0.25) is 14.4 Å². The summed E-state index contributed by atoms with van der Waals surface area (Å²) in [5.74, 6) is -1.49. The summed E-state index contributed by atoms with van der Waals surface area (Å²) in [6, 6.07) is 15.5. The Morgan fingerprint density at radius 2 is 1.69 bits per heavy atom. The average molecular weight is 352 g/mol. The summed E-state index contributed by atoms with van der Waals surface area (Å²) in [6.07, 6.45) is 0.409. The molecule has 0 spiro atoms. The van der Waals surface area contributed by atoms with Crippen molar-refractivity contribution in [3.05, 3.63) is 65.7 Å². The zero-order valence-corrected chi connectivity index (χ0v) is 14.4. The molecule has 1 fully saturated rings. The molecule has 6 nitrogen and oxygen atoms in total. The highest BCUT2D eigenvalue weighted by Crippen LogP contribution is 2.32. The normalized spacial score (nSPS) is 19.2. The molecule has 2 aromatic carbocycles. The van der Waals surface area contributed by atoms with Crippen LogP contribution in [0.25, 0.3) is 0 Å². The van der Waals surface area contributed by atoms with E-state index in [1.54, 1.807) is 55.5 Å². The minimum Gasteiger partial charge on any atom is -0.481 e. The number of carboxylic acids is 1. The van der Waals surface area contributed by atoms with Gasteiger partial charge in [0.25, 0.3) is 11.8 Å². The van der Waals surface area contributed by atoms with Gasteiger partial charge in [-0.1, -0.05) is 30.3 Å². The molecule has 26 heavy (non-hydrogen) atoms. The van der Waals surface area contributed by atoms with Crippen molar-refractivity contribution >= 4 is 23.5 Å². The van der Waals surface area contributed by atoms with Crippen LogP contribution in [0.1, 0.15) is 34.1 Å². The Morgan fingerprint density at radius 1 is 1.04 bits per heavy atom. The lowest BCUT2D eigenvalue weighted by Crippen LogP contribution is -2.35. The van der Waals surface area contributed by atoms with Gasteiger partial charge in [-0.2, -0.15) is 0 Å². The monoisotopic (exact) mass is 352 g/mol. The van der Waals surface area contributed by atoms with Gasteiger partial charge in [-0.15, -0.1) is 0 Å². The van der Waals surface area contributed by atoms with E-state index in [1.807, 2.05) is 6.07 Å². The Labute approximate surface area is 151 Å². The molecule has 1 aliphatic rings. The van der Waals surface area contributed by atoms with Gasteiger partial charge in [0.05, 0.1) is 16.7 Å². The van der Waals surface area contributed by atoms with Gasteiger partial charge in [0.15, 0.2) is 0 Å². The number of para-hydroxylation sites is 1. The first-order chi connectivity index (χ1) is 12.4. The van der Waals surface area contributed by atoms with Gasteiger partial charge in [0, 0.05) is 18.7 Å². The van der Waals surface area contributed by atoms with Gasteiger partial charge >= 0.3 is 5.97 Å². The number of rotatable bonds is 4.